The van der Waals surface area contributed by atoms with E-state index in [0.717, 1.165) is 29.0 Å². The number of aromatic nitrogens is 2. The number of rotatable bonds is 5. The lowest BCUT2D eigenvalue weighted by molar-refractivity contribution is 0.217. The maximum atomic E-state index is 11.3. The molecule has 0 atom stereocenters. The molecule has 0 saturated carbocycles. The standard InChI is InChI=1S/C11H20BrN5O/c1-8-10(12)9(17(4)15-8)7-13-5-6-14-11(18)16(2)3/h13H,5-7H2,1-4H3,(H,14,18). The van der Waals surface area contributed by atoms with Gasteiger partial charge in [0.25, 0.3) is 0 Å². The summed E-state index contributed by atoms with van der Waals surface area (Å²) in [5, 5.41) is 10.4. The number of nitrogens with one attached hydrogen (secondary N) is 2. The molecule has 0 aliphatic heterocycles. The summed E-state index contributed by atoms with van der Waals surface area (Å²) in [5.74, 6) is 0. The zero-order valence-corrected chi connectivity index (χ0v) is 12.8. The van der Waals surface area contributed by atoms with Crippen LogP contribution in [0.1, 0.15) is 11.4 Å². The van der Waals surface area contributed by atoms with Gasteiger partial charge in [-0.15, -0.1) is 0 Å². The molecular weight excluding hydrogens is 298 g/mol. The first-order valence-electron chi connectivity index (χ1n) is 5.77. The molecule has 0 saturated heterocycles. The van der Waals surface area contributed by atoms with Crippen molar-refractivity contribution < 1.29 is 4.79 Å². The van der Waals surface area contributed by atoms with Crippen LogP contribution in [0.2, 0.25) is 0 Å². The normalized spacial score (nSPS) is 10.5. The first kappa shape index (κ1) is 15.0. The number of halogens is 1. The van der Waals surface area contributed by atoms with E-state index in [0.29, 0.717) is 6.54 Å². The van der Waals surface area contributed by atoms with E-state index in [1.54, 1.807) is 14.1 Å². The highest BCUT2D eigenvalue weighted by Gasteiger charge is 2.09. The number of nitrogens with zero attached hydrogens (tertiary/aromatic N) is 3. The second-order valence-corrected chi connectivity index (χ2v) is 5.07. The molecule has 18 heavy (non-hydrogen) atoms. The third kappa shape index (κ3) is 3.99. The Morgan fingerprint density at radius 1 is 1.44 bits per heavy atom. The monoisotopic (exact) mass is 317 g/mol. The van der Waals surface area contributed by atoms with Gasteiger partial charge in [0.1, 0.15) is 0 Å². The highest BCUT2D eigenvalue weighted by atomic mass is 79.9. The fourth-order valence-electron chi connectivity index (χ4n) is 1.49. The molecule has 1 aromatic heterocycles. The van der Waals surface area contributed by atoms with Crippen LogP contribution in [-0.2, 0) is 13.6 Å². The molecule has 7 heteroatoms. The van der Waals surface area contributed by atoms with Gasteiger partial charge in [-0.05, 0) is 22.9 Å². The van der Waals surface area contributed by atoms with Gasteiger partial charge in [0.05, 0.1) is 15.9 Å². The summed E-state index contributed by atoms with van der Waals surface area (Å²) in [5.41, 5.74) is 2.08. The van der Waals surface area contributed by atoms with Crippen LogP contribution in [-0.4, -0.2) is 47.9 Å². The van der Waals surface area contributed by atoms with Crippen LogP contribution >= 0.6 is 15.9 Å². The lowest BCUT2D eigenvalue weighted by Crippen LogP contribution is -2.38. The second kappa shape index (κ2) is 6.75. The lowest BCUT2D eigenvalue weighted by Gasteiger charge is -2.12. The topological polar surface area (TPSA) is 62.2 Å². The maximum absolute atomic E-state index is 11.3. The second-order valence-electron chi connectivity index (χ2n) is 4.27. The fourth-order valence-corrected chi connectivity index (χ4v) is 1.97. The Morgan fingerprint density at radius 2 is 2.11 bits per heavy atom. The average molecular weight is 318 g/mol. The van der Waals surface area contributed by atoms with Gasteiger partial charge in [-0.2, -0.15) is 5.10 Å². The minimum absolute atomic E-state index is 0.0747. The highest BCUT2D eigenvalue weighted by molar-refractivity contribution is 9.10. The minimum atomic E-state index is -0.0747. The Bertz CT molecular complexity index is 416. The Morgan fingerprint density at radius 3 is 2.61 bits per heavy atom. The lowest BCUT2D eigenvalue weighted by atomic mass is 10.3. The smallest absolute Gasteiger partial charge is 0.316 e. The molecule has 0 aromatic carbocycles. The highest BCUT2D eigenvalue weighted by Crippen LogP contribution is 2.19. The van der Waals surface area contributed by atoms with Crippen molar-refractivity contribution in [3.63, 3.8) is 0 Å². The first-order valence-corrected chi connectivity index (χ1v) is 6.56. The molecule has 1 heterocycles. The van der Waals surface area contributed by atoms with E-state index >= 15 is 0 Å². The number of urea groups is 1. The van der Waals surface area contributed by atoms with E-state index in [9.17, 15) is 4.79 Å². The number of carbonyl (C=O) groups is 1. The molecule has 1 aromatic rings. The van der Waals surface area contributed by atoms with Crippen LogP contribution in [0, 0.1) is 6.92 Å². The SMILES string of the molecule is Cc1nn(C)c(CNCCNC(=O)N(C)C)c1Br. The minimum Gasteiger partial charge on any atom is -0.337 e. The van der Waals surface area contributed by atoms with Gasteiger partial charge in [0, 0.05) is 40.8 Å². The van der Waals surface area contributed by atoms with Crippen molar-refractivity contribution in [2.75, 3.05) is 27.2 Å². The van der Waals surface area contributed by atoms with Gasteiger partial charge in [-0.3, -0.25) is 4.68 Å². The van der Waals surface area contributed by atoms with Crippen LogP contribution < -0.4 is 10.6 Å². The quantitative estimate of drug-likeness (QED) is 0.792. The van der Waals surface area contributed by atoms with E-state index < -0.39 is 0 Å². The Hall–Kier alpha value is -1.08. The zero-order valence-electron chi connectivity index (χ0n) is 11.2. The van der Waals surface area contributed by atoms with Gasteiger partial charge >= 0.3 is 6.03 Å². The Balaban J connectivity index is 2.28. The van der Waals surface area contributed by atoms with E-state index in [-0.39, 0.29) is 6.03 Å². The van der Waals surface area contributed by atoms with E-state index in [4.69, 9.17) is 0 Å². The summed E-state index contributed by atoms with van der Waals surface area (Å²) in [6.45, 7) is 4.00. The van der Waals surface area contributed by atoms with Crippen LogP contribution in [0.25, 0.3) is 0 Å². The van der Waals surface area contributed by atoms with Gasteiger partial charge in [0.2, 0.25) is 0 Å². The summed E-state index contributed by atoms with van der Waals surface area (Å²) in [6.07, 6.45) is 0. The van der Waals surface area contributed by atoms with Crippen molar-refractivity contribution in [3.8, 4) is 0 Å². The van der Waals surface area contributed by atoms with Gasteiger partial charge in [-0.25, -0.2) is 4.79 Å². The zero-order chi connectivity index (χ0) is 13.7. The van der Waals surface area contributed by atoms with E-state index in [1.807, 2.05) is 18.7 Å². The number of carbonyl (C=O) groups excluding carboxylic acids is 1. The average Bonchev–Trinajstić information content (AvgIpc) is 2.54. The van der Waals surface area contributed by atoms with Crippen molar-refractivity contribution in [3.05, 3.63) is 15.9 Å². The number of amides is 2. The molecule has 0 aliphatic rings. The van der Waals surface area contributed by atoms with Crippen molar-refractivity contribution in [2.45, 2.75) is 13.5 Å². The predicted molar refractivity (Wildman–Crippen MR) is 74.4 cm³/mol. The third-order valence-electron chi connectivity index (χ3n) is 2.54. The molecule has 6 nitrogen and oxygen atoms in total. The van der Waals surface area contributed by atoms with E-state index in [1.165, 1.54) is 4.90 Å². The summed E-state index contributed by atoms with van der Waals surface area (Å²) in [4.78, 5) is 12.8. The molecule has 1 rings (SSSR count). The third-order valence-corrected chi connectivity index (χ3v) is 3.57. The fraction of sp³-hybridized carbons (Fsp3) is 0.636. The van der Waals surface area contributed by atoms with Crippen LogP contribution in [0.3, 0.4) is 0 Å². The van der Waals surface area contributed by atoms with Crippen LogP contribution in [0.15, 0.2) is 4.47 Å². The summed E-state index contributed by atoms with van der Waals surface area (Å²) >= 11 is 3.51. The van der Waals surface area contributed by atoms with Crippen molar-refractivity contribution in [2.24, 2.45) is 7.05 Å². The molecule has 0 aliphatic carbocycles. The predicted octanol–water partition coefficient (Wildman–Crippen LogP) is 0.852. The summed E-state index contributed by atoms with van der Waals surface area (Å²) < 4.78 is 2.89. The Labute approximate surface area is 116 Å². The molecule has 0 unspecified atom stereocenters. The number of aryl methyl sites for hydroxylation is 2. The molecule has 0 bridgehead atoms. The summed E-state index contributed by atoms with van der Waals surface area (Å²) in [7, 11) is 5.36. The molecular formula is C11H20BrN5O. The van der Waals surface area contributed by atoms with Crippen LogP contribution in [0.5, 0.6) is 0 Å². The van der Waals surface area contributed by atoms with Gasteiger partial charge in [0.15, 0.2) is 0 Å². The van der Waals surface area contributed by atoms with Crippen molar-refractivity contribution in [1.29, 1.82) is 0 Å². The molecule has 2 N–H and O–H groups in total. The molecule has 102 valence electrons. The largest absolute Gasteiger partial charge is 0.337 e. The van der Waals surface area contributed by atoms with Crippen molar-refractivity contribution >= 4 is 22.0 Å². The van der Waals surface area contributed by atoms with E-state index in [2.05, 4.69) is 31.7 Å². The Kier molecular flexibility index (Phi) is 5.61. The molecule has 0 fully saturated rings. The van der Waals surface area contributed by atoms with Gasteiger partial charge in [-0.1, -0.05) is 0 Å². The first-order chi connectivity index (χ1) is 8.43. The molecule has 2 amide bonds. The molecule has 0 radical (unpaired) electrons. The van der Waals surface area contributed by atoms with Gasteiger partial charge < -0.3 is 15.5 Å². The number of hydrogen-bond acceptors (Lipinski definition) is 3. The van der Waals surface area contributed by atoms with Crippen molar-refractivity contribution in [1.82, 2.24) is 25.3 Å². The number of hydrogen-bond donors (Lipinski definition) is 2. The summed E-state index contributed by atoms with van der Waals surface area (Å²) in [6, 6.07) is -0.0747. The maximum Gasteiger partial charge on any atom is 0.316 e. The van der Waals surface area contributed by atoms with Crippen LogP contribution in [0.4, 0.5) is 4.79 Å². The molecule has 0 spiro atoms.